The summed E-state index contributed by atoms with van der Waals surface area (Å²) in [7, 11) is -3.97. The molecule has 2 unspecified atom stereocenters. The molecular formula is C36H71NO4Si3. The van der Waals surface area contributed by atoms with Gasteiger partial charge >= 0.3 is 0 Å². The monoisotopic (exact) mass is 665 g/mol. The highest BCUT2D eigenvalue weighted by molar-refractivity contribution is 6.75. The highest BCUT2D eigenvalue weighted by Gasteiger charge is 2.43. The van der Waals surface area contributed by atoms with Gasteiger partial charge in [0.25, 0.3) is 0 Å². The summed E-state index contributed by atoms with van der Waals surface area (Å²) in [5, 5.41) is 0.363. The van der Waals surface area contributed by atoms with Crippen molar-refractivity contribution in [2.75, 3.05) is 13.7 Å². The summed E-state index contributed by atoms with van der Waals surface area (Å²) in [4.78, 5) is 16.0. The largest absolute Gasteiger partial charge is 0.417 e. The van der Waals surface area contributed by atoms with Crippen molar-refractivity contribution in [2.45, 2.75) is 168 Å². The molecule has 0 bridgehead atoms. The van der Waals surface area contributed by atoms with Gasteiger partial charge in [-0.15, -0.1) is 0 Å². The van der Waals surface area contributed by atoms with Crippen molar-refractivity contribution in [3.8, 4) is 0 Å². The van der Waals surface area contributed by atoms with Crippen molar-refractivity contribution in [3.63, 3.8) is 0 Å². The molecule has 0 aliphatic rings. The van der Waals surface area contributed by atoms with Crippen molar-refractivity contribution in [3.05, 3.63) is 35.9 Å². The van der Waals surface area contributed by atoms with Crippen LogP contribution in [0.25, 0.3) is 0 Å². The lowest BCUT2D eigenvalue weighted by Crippen LogP contribution is -2.49. The van der Waals surface area contributed by atoms with Gasteiger partial charge in [-0.2, -0.15) is 0 Å². The molecule has 0 fully saturated rings. The Hall–Kier alpha value is -0.779. The van der Waals surface area contributed by atoms with Crippen LogP contribution in [0, 0.1) is 5.92 Å². The Morgan fingerprint density at radius 1 is 0.750 bits per heavy atom. The Morgan fingerprint density at radius 3 is 1.66 bits per heavy atom. The van der Waals surface area contributed by atoms with E-state index in [2.05, 4.69) is 140 Å². The minimum atomic E-state index is -2.10. The lowest BCUT2D eigenvalue weighted by atomic mass is 9.97. The van der Waals surface area contributed by atoms with Crippen LogP contribution in [0.4, 0.5) is 0 Å². The molecule has 0 aliphatic carbocycles. The molecule has 256 valence electrons. The van der Waals surface area contributed by atoms with E-state index in [1.165, 1.54) is 0 Å². The van der Waals surface area contributed by atoms with Crippen LogP contribution >= 0.6 is 0 Å². The van der Waals surface area contributed by atoms with Gasteiger partial charge in [-0.1, -0.05) is 99.6 Å². The average Bonchev–Trinajstić information content (AvgIpc) is 2.86. The van der Waals surface area contributed by atoms with Gasteiger partial charge in [0.1, 0.15) is 0 Å². The van der Waals surface area contributed by atoms with Gasteiger partial charge < -0.3 is 18.2 Å². The summed E-state index contributed by atoms with van der Waals surface area (Å²) in [5.41, 5.74) is 1.12. The number of carbonyl (C=O) groups excluding carboxylic acids is 1. The Kier molecular flexibility index (Phi) is 14.4. The second kappa shape index (κ2) is 15.4. The van der Waals surface area contributed by atoms with Gasteiger partial charge in [0, 0.05) is 25.7 Å². The van der Waals surface area contributed by atoms with Crippen molar-refractivity contribution in [2.24, 2.45) is 5.92 Å². The van der Waals surface area contributed by atoms with Gasteiger partial charge in [0.05, 0.1) is 12.1 Å². The first-order chi connectivity index (χ1) is 19.6. The molecule has 0 aliphatic heterocycles. The van der Waals surface area contributed by atoms with E-state index in [4.69, 9.17) is 13.3 Å². The summed E-state index contributed by atoms with van der Waals surface area (Å²) >= 11 is 0. The zero-order chi connectivity index (χ0) is 34.5. The van der Waals surface area contributed by atoms with Crippen molar-refractivity contribution in [1.82, 2.24) is 4.90 Å². The average molecular weight is 666 g/mol. The molecule has 0 saturated carbocycles. The Labute approximate surface area is 276 Å². The third kappa shape index (κ3) is 11.5. The number of benzene rings is 1. The van der Waals surface area contributed by atoms with Crippen LogP contribution in [0.3, 0.4) is 0 Å². The molecule has 4 atom stereocenters. The summed E-state index contributed by atoms with van der Waals surface area (Å²) < 4.78 is 20.5. The quantitative estimate of drug-likeness (QED) is 0.138. The second-order valence-corrected chi connectivity index (χ2v) is 32.1. The number of hydrogen-bond donors (Lipinski definition) is 0. The molecule has 0 saturated heterocycles. The number of likely N-dealkylation sites (N-methyl/N-ethyl adjacent to an activating group) is 1. The molecule has 5 nitrogen and oxygen atoms in total. The van der Waals surface area contributed by atoms with Gasteiger partial charge in [0.15, 0.2) is 25.0 Å². The fraction of sp³-hybridized carbons (Fsp3) is 0.806. The standard InChI is InChI=1S/C36H71NO4Si3/c1-28(27-31(40-43(15,16)35(6,7)8)25-22-26-39-42(13,14)34(3,4)5)33(38)37(12)29(2)32(30-23-20-19-21-24-30)41-44(17,18)36(9,10)11/h19-21,23-24,28-29,31-32H,22,25-27H2,1-18H3/t28?,29-,31?,32+/m1/s1. The zero-order valence-electron chi connectivity index (χ0n) is 32.1. The van der Waals surface area contributed by atoms with Gasteiger partial charge in [0.2, 0.25) is 5.91 Å². The maximum Gasteiger partial charge on any atom is 0.225 e. The van der Waals surface area contributed by atoms with Crippen LogP contribution < -0.4 is 0 Å². The van der Waals surface area contributed by atoms with Crippen LogP contribution in [0.2, 0.25) is 54.4 Å². The van der Waals surface area contributed by atoms with Crippen LogP contribution in [0.5, 0.6) is 0 Å². The third-order valence-electron chi connectivity index (χ3n) is 11.0. The fourth-order valence-electron chi connectivity index (χ4n) is 4.50. The Morgan fingerprint density at radius 2 is 1.20 bits per heavy atom. The molecule has 1 rings (SSSR count). The minimum Gasteiger partial charge on any atom is -0.417 e. The maximum atomic E-state index is 14.1. The SMILES string of the molecule is CC(CC(CCCO[Si](C)(C)C(C)(C)C)O[Si](C)(C)C(C)(C)C)C(=O)N(C)[C@H](C)[C@H](O[Si](C)(C)C(C)(C)C)c1ccccc1. The van der Waals surface area contributed by atoms with E-state index in [1.807, 2.05) is 18.0 Å². The maximum absolute atomic E-state index is 14.1. The minimum absolute atomic E-state index is 0.0231. The highest BCUT2D eigenvalue weighted by Crippen LogP contribution is 2.42. The van der Waals surface area contributed by atoms with E-state index in [-0.39, 0.29) is 45.2 Å². The summed E-state index contributed by atoms with van der Waals surface area (Å²) in [6.45, 7) is 39.3. The molecule has 1 aromatic carbocycles. The topological polar surface area (TPSA) is 48.0 Å². The molecule has 1 amide bonds. The first-order valence-corrected chi connectivity index (χ1v) is 25.7. The molecule has 1 aromatic rings. The smallest absolute Gasteiger partial charge is 0.225 e. The Bertz CT molecular complexity index is 1020. The summed E-state index contributed by atoms with van der Waals surface area (Å²) in [6.07, 6.45) is 2.39. The summed E-state index contributed by atoms with van der Waals surface area (Å²) in [5.74, 6) is -0.0126. The lowest BCUT2D eigenvalue weighted by molar-refractivity contribution is -0.138. The van der Waals surface area contributed by atoms with E-state index in [0.717, 1.165) is 25.0 Å². The molecule has 0 heterocycles. The van der Waals surface area contributed by atoms with E-state index >= 15 is 0 Å². The fourth-order valence-corrected chi connectivity index (χ4v) is 8.31. The zero-order valence-corrected chi connectivity index (χ0v) is 35.1. The predicted molar refractivity (Wildman–Crippen MR) is 198 cm³/mol. The number of amides is 1. The molecule has 0 spiro atoms. The van der Waals surface area contributed by atoms with E-state index in [9.17, 15) is 4.79 Å². The molecule has 44 heavy (non-hydrogen) atoms. The second-order valence-electron chi connectivity index (χ2n) is 17.8. The molecular weight excluding hydrogens is 595 g/mol. The predicted octanol–water partition coefficient (Wildman–Crippen LogP) is 10.8. The van der Waals surface area contributed by atoms with Crippen molar-refractivity contribution >= 4 is 30.9 Å². The third-order valence-corrected chi connectivity index (χ3v) is 24.5. The van der Waals surface area contributed by atoms with Crippen LogP contribution in [0.15, 0.2) is 30.3 Å². The van der Waals surface area contributed by atoms with E-state index in [1.54, 1.807) is 0 Å². The first kappa shape index (κ1) is 41.2. The van der Waals surface area contributed by atoms with Crippen LogP contribution in [0.1, 0.15) is 107 Å². The highest BCUT2D eigenvalue weighted by atomic mass is 28.4. The van der Waals surface area contributed by atoms with Crippen molar-refractivity contribution < 1.29 is 18.1 Å². The van der Waals surface area contributed by atoms with Gasteiger partial charge in [-0.05, 0) is 86.1 Å². The molecule has 0 radical (unpaired) electrons. The summed E-state index contributed by atoms with van der Waals surface area (Å²) in [6, 6.07) is 10.3. The number of hydrogen-bond acceptors (Lipinski definition) is 4. The van der Waals surface area contributed by atoms with Gasteiger partial charge in [-0.3, -0.25) is 4.79 Å². The van der Waals surface area contributed by atoms with E-state index < -0.39 is 25.0 Å². The lowest BCUT2D eigenvalue weighted by Gasteiger charge is -2.43. The van der Waals surface area contributed by atoms with Crippen molar-refractivity contribution in [1.29, 1.82) is 0 Å². The number of carbonyl (C=O) groups is 1. The van der Waals surface area contributed by atoms with Gasteiger partial charge in [-0.25, -0.2) is 0 Å². The molecule has 8 heteroatoms. The first-order valence-electron chi connectivity index (χ1n) is 17.0. The number of nitrogens with zero attached hydrogens (tertiary/aromatic N) is 1. The van der Waals surface area contributed by atoms with E-state index in [0.29, 0.717) is 6.42 Å². The number of rotatable bonds is 15. The van der Waals surface area contributed by atoms with Crippen LogP contribution in [-0.2, 0) is 18.1 Å². The molecule has 0 N–H and O–H groups in total. The Balaban J connectivity index is 3.17. The normalized spacial score (nSPS) is 16.8. The molecule has 0 aromatic heterocycles. The van der Waals surface area contributed by atoms with Crippen LogP contribution in [-0.4, -0.2) is 61.6 Å².